The molecule has 1 amide bonds. The molecular weight excluding hydrogens is 301 g/mol. The van der Waals surface area contributed by atoms with E-state index in [2.05, 4.69) is 21.2 Å². The molecule has 18 heavy (non-hydrogen) atoms. The van der Waals surface area contributed by atoms with Gasteiger partial charge in [-0.1, -0.05) is 34.1 Å². The van der Waals surface area contributed by atoms with E-state index in [-0.39, 0.29) is 23.0 Å². The highest BCUT2D eigenvalue weighted by Crippen LogP contribution is 2.07. The highest BCUT2D eigenvalue weighted by atomic mass is 79.9. The van der Waals surface area contributed by atoms with Gasteiger partial charge in [0.15, 0.2) is 0 Å². The van der Waals surface area contributed by atoms with E-state index in [9.17, 15) is 9.18 Å². The molecule has 1 unspecified atom stereocenters. The van der Waals surface area contributed by atoms with Crippen molar-refractivity contribution in [1.82, 2.24) is 5.32 Å². The Morgan fingerprint density at radius 1 is 1.50 bits per heavy atom. The third kappa shape index (κ3) is 5.60. The van der Waals surface area contributed by atoms with E-state index in [4.69, 9.17) is 4.74 Å². The molecule has 1 aromatic rings. The summed E-state index contributed by atoms with van der Waals surface area (Å²) in [5.74, 6) is -0.511. The van der Waals surface area contributed by atoms with Gasteiger partial charge in [-0.25, -0.2) is 4.39 Å². The van der Waals surface area contributed by atoms with E-state index >= 15 is 0 Å². The molecule has 1 rings (SSSR count). The van der Waals surface area contributed by atoms with Crippen molar-refractivity contribution in [1.29, 1.82) is 0 Å². The Bertz CT molecular complexity index is 387. The second kappa shape index (κ2) is 8.21. The van der Waals surface area contributed by atoms with E-state index in [0.717, 1.165) is 6.42 Å². The zero-order chi connectivity index (χ0) is 13.4. The molecule has 0 aromatic heterocycles. The predicted octanol–water partition coefficient (Wildman–Crippen LogP) is 2.28. The van der Waals surface area contributed by atoms with Crippen molar-refractivity contribution in [3.05, 3.63) is 35.6 Å². The van der Waals surface area contributed by atoms with Gasteiger partial charge in [0, 0.05) is 18.5 Å². The van der Waals surface area contributed by atoms with Crippen LogP contribution < -0.4 is 5.32 Å². The minimum absolute atomic E-state index is 0.0733. The van der Waals surface area contributed by atoms with Crippen molar-refractivity contribution in [3.8, 4) is 0 Å². The molecule has 1 atom stereocenters. The zero-order valence-electron chi connectivity index (χ0n) is 10.3. The Labute approximate surface area is 115 Å². The number of hydrogen-bond donors (Lipinski definition) is 1. The third-order valence-electron chi connectivity index (χ3n) is 2.44. The minimum Gasteiger partial charge on any atom is -0.384 e. The maximum atomic E-state index is 13.3. The summed E-state index contributed by atoms with van der Waals surface area (Å²) in [6, 6.07) is 6.30. The van der Waals surface area contributed by atoms with Crippen LogP contribution >= 0.6 is 15.9 Å². The van der Waals surface area contributed by atoms with Crippen LogP contribution in [0, 0.1) is 5.82 Å². The van der Waals surface area contributed by atoms with Gasteiger partial charge < -0.3 is 10.1 Å². The molecule has 3 nitrogen and oxygen atoms in total. The summed E-state index contributed by atoms with van der Waals surface area (Å²) < 4.78 is 18.3. The van der Waals surface area contributed by atoms with Crippen LogP contribution in [-0.4, -0.2) is 31.0 Å². The van der Waals surface area contributed by atoms with Crippen LogP contribution in [-0.2, 0) is 16.0 Å². The summed E-state index contributed by atoms with van der Waals surface area (Å²) >= 11 is 3.43. The van der Waals surface area contributed by atoms with Crippen molar-refractivity contribution in [2.24, 2.45) is 0 Å². The molecule has 5 heteroatoms. The number of nitrogens with one attached hydrogen (secondary N) is 1. The average Bonchev–Trinajstić information content (AvgIpc) is 2.32. The van der Waals surface area contributed by atoms with E-state index < -0.39 is 0 Å². The number of methoxy groups -OCH3 is 1. The lowest BCUT2D eigenvalue weighted by molar-refractivity contribution is -0.120. The number of rotatable bonds is 7. The monoisotopic (exact) mass is 317 g/mol. The average molecular weight is 318 g/mol. The van der Waals surface area contributed by atoms with Gasteiger partial charge in [-0.15, -0.1) is 0 Å². The van der Waals surface area contributed by atoms with Gasteiger partial charge >= 0.3 is 0 Å². The summed E-state index contributed by atoms with van der Waals surface area (Å²) in [7, 11) is 1.63. The Morgan fingerprint density at radius 3 is 2.89 bits per heavy atom. The number of benzene rings is 1. The van der Waals surface area contributed by atoms with Crippen LogP contribution in [0.25, 0.3) is 0 Å². The Hall–Kier alpha value is -0.940. The molecule has 0 saturated heterocycles. The Morgan fingerprint density at radius 2 is 2.22 bits per heavy atom. The summed E-state index contributed by atoms with van der Waals surface area (Å²) in [6.45, 7) is 1.15. The summed E-state index contributed by atoms with van der Waals surface area (Å²) in [6.07, 6.45) is 0.848. The summed E-state index contributed by atoms with van der Waals surface area (Å²) in [5, 5.41) is 2.76. The molecule has 0 aliphatic carbocycles. The van der Waals surface area contributed by atoms with Gasteiger partial charge in [0.1, 0.15) is 5.82 Å². The van der Waals surface area contributed by atoms with E-state index in [1.807, 2.05) is 0 Å². The second-order valence-corrected chi connectivity index (χ2v) is 5.25. The molecule has 0 saturated carbocycles. The van der Waals surface area contributed by atoms with Crippen LogP contribution in [0.2, 0.25) is 0 Å². The normalized spacial score (nSPS) is 12.2. The number of carbonyl (C=O) groups excluding carboxylic acids is 1. The number of amides is 1. The van der Waals surface area contributed by atoms with Crippen LogP contribution in [0.15, 0.2) is 24.3 Å². The van der Waals surface area contributed by atoms with Crippen molar-refractivity contribution in [3.63, 3.8) is 0 Å². The largest absolute Gasteiger partial charge is 0.384 e. The molecule has 0 aliphatic heterocycles. The molecule has 0 heterocycles. The third-order valence-corrected chi connectivity index (χ3v) is 3.16. The van der Waals surface area contributed by atoms with Crippen molar-refractivity contribution in [2.45, 2.75) is 17.7 Å². The van der Waals surface area contributed by atoms with Crippen LogP contribution in [0.5, 0.6) is 0 Å². The first-order valence-electron chi connectivity index (χ1n) is 5.76. The zero-order valence-corrected chi connectivity index (χ0v) is 11.9. The van der Waals surface area contributed by atoms with Gasteiger partial charge in [-0.3, -0.25) is 4.79 Å². The number of halogens is 2. The van der Waals surface area contributed by atoms with Crippen LogP contribution in [0.3, 0.4) is 0 Å². The van der Waals surface area contributed by atoms with E-state index in [0.29, 0.717) is 18.7 Å². The maximum absolute atomic E-state index is 13.3. The van der Waals surface area contributed by atoms with Crippen molar-refractivity contribution in [2.75, 3.05) is 20.3 Å². The fourth-order valence-corrected chi connectivity index (χ4v) is 2.00. The Balaban J connectivity index is 2.28. The number of hydrogen-bond acceptors (Lipinski definition) is 2. The lowest BCUT2D eigenvalue weighted by Crippen LogP contribution is -2.28. The van der Waals surface area contributed by atoms with Gasteiger partial charge in [0.25, 0.3) is 0 Å². The molecule has 1 N–H and O–H groups in total. The predicted molar refractivity (Wildman–Crippen MR) is 72.3 cm³/mol. The van der Waals surface area contributed by atoms with Crippen molar-refractivity contribution < 1.29 is 13.9 Å². The first-order chi connectivity index (χ1) is 8.63. The first kappa shape index (κ1) is 15.1. The van der Waals surface area contributed by atoms with Gasteiger partial charge in [0.05, 0.1) is 13.0 Å². The fraction of sp³-hybridized carbons (Fsp3) is 0.462. The maximum Gasteiger partial charge on any atom is 0.224 e. The molecule has 0 aliphatic rings. The highest BCUT2D eigenvalue weighted by molar-refractivity contribution is 9.09. The Kier molecular flexibility index (Phi) is 6.90. The van der Waals surface area contributed by atoms with E-state index in [1.165, 1.54) is 6.07 Å². The number of carbonyl (C=O) groups is 1. The van der Waals surface area contributed by atoms with Gasteiger partial charge in [-0.05, 0) is 18.1 Å². The summed E-state index contributed by atoms with van der Waals surface area (Å²) in [4.78, 5) is 11.8. The molecule has 0 fully saturated rings. The first-order valence-corrected chi connectivity index (χ1v) is 6.68. The molecule has 100 valence electrons. The molecule has 1 aromatic carbocycles. The molecule has 0 bridgehead atoms. The lowest BCUT2D eigenvalue weighted by atomic mass is 10.1. The standard InChI is InChI=1S/C13H17BrFNO2/c1-18-9-11(14)6-7-16-13(17)8-10-4-2-3-5-12(10)15/h2-5,11H,6-9H2,1H3,(H,16,17). The molecular formula is C13H17BrFNO2. The molecule has 0 radical (unpaired) electrons. The number of alkyl halides is 1. The van der Waals surface area contributed by atoms with E-state index in [1.54, 1.807) is 25.3 Å². The topological polar surface area (TPSA) is 38.3 Å². The SMILES string of the molecule is COCC(Br)CCNC(=O)Cc1ccccc1F. The summed E-state index contributed by atoms with van der Waals surface area (Å²) in [5.41, 5.74) is 0.419. The van der Waals surface area contributed by atoms with Crippen LogP contribution in [0.1, 0.15) is 12.0 Å². The highest BCUT2D eigenvalue weighted by Gasteiger charge is 2.08. The lowest BCUT2D eigenvalue weighted by Gasteiger charge is -2.09. The number of ether oxygens (including phenoxy) is 1. The quantitative estimate of drug-likeness (QED) is 0.784. The van der Waals surface area contributed by atoms with Crippen molar-refractivity contribution >= 4 is 21.8 Å². The fourth-order valence-electron chi connectivity index (χ4n) is 1.51. The van der Waals surface area contributed by atoms with Crippen LogP contribution in [0.4, 0.5) is 4.39 Å². The smallest absolute Gasteiger partial charge is 0.224 e. The minimum atomic E-state index is -0.342. The molecule has 0 spiro atoms. The van der Waals surface area contributed by atoms with Gasteiger partial charge in [-0.2, -0.15) is 0 Å². The van der Waals surface area contributed by atoms with Gasteiger partial charge in [0.2, 0.25) is 5.91 Å². The second-order valence-electron chi connectivity index (χ2n) is 3.96.